The van der Waals surface area contributed by atoms with Crippen LogP contribution in [0.25, 0.3) is 28.5 Å². The highest BCUT2D eigenvalue weighted by molar-refractivity contribution is 6.02. The first kappa shape index (κ1) is 18.4. The van der Waals surface area contributed by atoms with Gasteiger partial charge in [-0.05, 0) is 73.5 Å². The second kappa shape index (κ2) is 7.59. The average Bonchev–Trinajstić information content (AvgIpc) is 3.04. The lowest BCUT2D eigenvalue weighted by Crippen LogP contribution is -2.07. The lowest BCUT2D eigenvalue weighted by atomic mass is 10.2. The molecule has 0 atom stereocenters. The molecule has 4 rings (SSSR count). The Hall–Kier alpha value is -3.93. The number of aromatic nitrogens is 3. The van der Waals surface area contributed by atoms with Gasteiger partial charge in [-0.15, -0.1) is 0 Å². The van der Waals surface area contributed by atoms with Crippen LogP contribution in [-0.4, -0.2) is 25.8 Å². The van der Waals surface area contributed by atoms with Crippen molar-refractivity contribution in [1.82, 2.24) is 14.7 Å². The van der Waals surface area contributed by atoms with E-state index < -0.39 is 0 Å². The number of hydrogen-bond donors (Lipinski definition) is 2. The number of hydrogen-bond acceptors (Lipinski definition) is 4. The van der Waals surface area contributed by atoms with Crippen LogP contribution in [0.2, 0.25) is 0 Å². The predicted molar refractivity (Wildman–Crippen MR) is 114 cm³/mol. The third kappa shape index (κ3) is 4.01. The Morgan fingerprint density at radius 2 is 1.86 bits per heavy atom. The first-order valence-electron chi connectivity index (χ1n) is 9.20. The zero-order valence-electron chi connectivity index (χ0n) is 16.1. The van der Waals surface area contributed by atoms with Crippen molar-refractivity contribution >= 4 is 28.7 Å². The van der Waals surface area contributed by atoms with Crippen molar-refractivity contribution in [3.05, 3.63) is 83.7 Å². The molecule has 0 spiro atoms. The van der Waals surface area contributed by atoms with Crippen LogP contribution in [0.3, 0.4) is 0 Å². The van der Waals surface area contributed by atoms with Crippen molar-refractivity contribution in [3.8, 4) is 11.4 Å². The summed E-state index contributed by atoms with van der Waals surface area (Å²) < 4.78 is 1.09. The van der Waals surface area contributed by atoms with E-state index in [9.17, 15) is 10.0 Å². The van der Waals surface area contributed by atoms with Gasteiger partial charge in [0.2, 0.25) is 5.91 Å². The van der Waals surface area contributed by atoms with Crippen molar-refractivity contribution in [3.63, 3.8) is 0 Å². The summed E-state index contributed by atoms with van der Waals surface area (Å²) in [6.07, 6.45) is 4.90. The predicted octanol–water partition coefficient (Wildman–Crippen LogP) is 4.60. The maximum atomic E-state index is 12.1. The van der Waals surface area contributed by atoms with Crippen LogP contribution in [0.1, 0.15) is 16.8 Å². The molecule has 1 amide bonds. The molecule has 2 aromatic carbocycles. The lowest BCUT2D eigenvalue weighted by molar-refractivity contribution is -0.111. The summed E-state index contributed by atoms with van der Waals surface area (Å²) in [4.78, 5) is 20.8. The first-order valence-corrected chi connectivity index (χ1v) is 9.20. The second-order valence-electron chi connectivity index (χ2n) is 6.87. The molecule has 0 radical (unpaired) electrons. The molecular formula is C23H20N4O2. The maximum absolute atomic E-state index is 12.1. The molecule has 2 heterocycles. The number of rotatable bonds is 4. The zero-order chi connectivity index (χ0) is 20.4. The smallest absolute Gasteiger partial charge is 0.248 e. The van der Waals surface area contributed by atoms with Crippen molar-refractivity contribution in [1.29, 1.82) is 0 Å². The van der Waals surface area contributed by atoms with E-state index in [-0.39, 0.29) is 5.91 Å². The molecule has 6 heteroatoms. The van der Waals surface area contributed by atoms with Crippen LogP contribution in [-0.2, 0) is 4.79 Å². The van der Waals surface area contributed by atoms with E-state index in [0.717, 1.165) is 32.6 Å². The highest BCUT2D eigenvalue weighted by Crippen LogP contribution is 2.25. The lowest BCUT2D eigenvalue weighted by Gasteiger charge is -2.05. The van der Waals surface area contributed by atoms with Crippen molar-refractivity contribution in [2.24, 2.45) is 0 Å². The summed E-state index contributed by atoms with van der Waals surface area (Å²) in [5.41, 5.74) is 5.63. The summed E-state index contributed by atoms with van der Waals surface area (Å²) in [5.74, 6) is 0.221. The van der Waals surface area contributed by atoms with Gasteiger partial charge in [0.1, 0.15) is 5.52 Å². The summed E-state index contributed by atoms with van der Waals surface area (Å²) in [7, 11) is 0. The van der Waals surface area contributed by atoms with Crippen molar-refractivity contribution in [2.75, 3.05) is 5.32 Å². The van der Waals surface area contributed by atoms with E-state index >= 15 is 0 Å². The molecule has 0 aliphatic heterocycles. The van der Waals surface area contributed by atoms with Gasteiger partial charge in [0.25, 0.3) is 0 Å². The number of benzene rings is 2. The Morgan fingerprint density at radius 3 is 2.59 bits per heavy atom. The van der Waals surface area contributed by atoms with Gasteiger partial charge in [0, 0.05) is 29.2 Å². The molecule has 2 aromatic heterocycles. The number of nitrogens with zero attached hydrogens (tertiary/aromatic N) is 3. The van der Waals surface area contributed by atoms with Crippen LogP contribution in [0.4, 0.5) is 5.69 Å². The Bertz CT molecular complexity index is 1210. The monoisotopic (exact) mass is 384 g/mol. The minimum atomic E-state index is -0.233. The molecule has 0 aliphatic carbocycles. The van der Waals surface area contributed by atoms with Gasteiger partial charge < -0.3 is 10.5 Å². The Kier molecular flexibility index (Phi) is 4.83. The number of carbonyl (C=O) groups is 1. The van der Waals surface area contributed by atoms with Gasteiger partial charge in [-0.2, -0.15) is 4.73 Å². The normalized spacial score (nSPS) is 11.2. The van der Waals surface area contributed by atoms with Crippen molar-refractivity contribution in [2.45, 2.75) is 13.8 Å². The summed E-state index contributed by atoms with van der Waals surface area (Å²) in [5, 5.41) is 13.3. The fourth-order valence-electron chi connectivity index (χ4n) is 3.00. The zero-order valence-corrected chi connectivity index (χ0v) is 16.1. The number of anilines is 1. The molecular weight excluding hydrogens is 364 g/mol. The molecule has 2 N–H and O–H groups in total. The van der Waals surface area contributed by atoms with Gasteiger partial charge in [-0.1, -0.05) is 12.1 Å². The standard InChI is InChI=1S/C23H20N4O2/c1-15-3-11-20-21(13-15)27(29)23(26-20)18-7-9-19(10-8-18)25-22(28)12-6-17-5-4-16(2)24-14-17/h3-14,29H,1-2H3,(H,25,28). The van der Waals surface area contributed by atoms with Gasteiger partial charge >= 0.3 is 0 Å². The van der Waals surface area contributed by atoms with Crippen LogP contribution in [0.15, 0.2) is 66.9 Å². The van der Waals surface area contributed by atoms with E-state index in [4.69, 9.17) is 0 Å². The molecule has 0 aliphatic rings. The molecule has 0 bridgehead atoms. The largest absolute Gasteiger partial charge is 0.426 e. The number of amides is 1. The third-order valence-corrected chi connectivity index (χ3v) is 4.56. The molecule has 0 unspecified atom stereocenters. The van der Waals surface area contributed by atoms with Crippen LogP contribution in [0, 0.1) is 13.8 Å². The first-order chi connectivity index (χ1) is 14.0. The summed E-state index contributed by atoms with van der Waals surface area (Å²) in [6.45, 7) is 3.88. The van der Waals surface area contributed by atoms with Gasteiger partial charge in [0.15, 0.2) is 5.82 Å². The topological polar surface area (TPSA) is 80.0 Å². The fraction of sp³-hybridized carbons (Fsp3) is 0.0870. The fourth-order valence-corrected chi connectivity index (χ4v) is 3.00. The maximum Gasteiger partial charge on any atom is 0.248 e. The third-order valence-electron chi connectivity index (χ3n) is 4.56. The highest BCUT2D eigenvalue weighted by Gasteiger charge is 2.12. The number of nitrogens with one attached hydrogen (secondary N) is 1. The van der Waals surface area contributed by atoms with E-state index in [1.807, 2.05) is 56.3 Å². The molecule has 4 aromatic rings. The number of fused-ring (bicyclic) bond motifs is 1. The molecule has 0 saturated heterocycles. The Labute approximate surface area is 168 Å². The van der Waals surface area contributed by atoms with Gasteiger partial charge in [-0.3, -0.25) is 9.78 Å². The number of carbonyl (C=O) groups excluding carboxylic acids is 1. The Balaban J connectivity index is 1.48. The molecule has 144 valence electrons. The minimum Gasteiger partial charge on any atom is -0.426 e. The van der Waals surface area contributed by atoms with E-state index in [1.165, 1.54) is 6.08 Å². The van der Waals surface area contributed by atoms with E-state index in [2.05, 4.69) is 15.3 Å². The highest BCUT2D eigenvalue weighted by atomic mass is 16.5. The number of pyridine rings is 1. The minimum absolute atomic E-state index is 0.233. The van der Waals surface area contributed by atoms with E-state index in [1.54, 1.807) is 24.4 Å². The summed E-state index contributed by atoms with van der Waals surface area (Å²) in [6, 6.07) is 16.7. The molecule has 0 saturated carbocycles. The van der Waals surface area contributed by atoms with E-state index in [0.29, 0.717) is 17.0 Å². The van der Waals surface area contributed by atoms with Crippen molar-refractivity contribution < 1.29 is 10.0 Å². The average molecular weight is 384 g/mol. The molecule has 29 heavy (non-hydrogen) atoms. The van der Waals surface area contributed by atoms with Crippen LogP contribution in [0.5, 0.6) is 0 Å². The quantitative estimate of drug-likeness (QED) is 0.398. The van der Waals surface area contributed by atoms with Gasteiger partial charge in [0.05, 0.1) is 5.52 Å². The van der Waals surface area contributed by atoms with Gasteiger partial charge in [-0.25, -0.2) is 4.98 Å². The summed E-state index contributed by atoms with van der Waals surface area (Å²) >= 11 is 0. The SMILES string of the molecule is Cc1ccc2nc(-c3ccc(NC(=O)C=Cc4ccc(C)nc4)cc3)n(O)c2c1. The number of aryl methyl sites for hydroxylation is 2. The van der Waals surface area contributed by atoms with Crippen LogP contribution < -0.4 is 5.32 Å². The number of imidazole rings is 1. The molecule has 6 nitrogen and oxygen atoms in total. The second-order valence-corrected chi connectivity index (χ2v) is 6.87. The molecule has 0 fully saturated rings. The Morgan fingerprint density at radius 1 is 1.07 bits per heavy atom. The van der Waals surface area contributed by atoms with Crippen LogP contribution >= 0.6 is 0 Å².